The highest BCUT2D eigenvalue weighted by atomic mass is 35.5. The highest BCUT2D eigenvalue weighted by Crippen LogP contribution is 2.21. The fourth-order valence-electron chi connectivity index (χ4n) is 2.32. The van der Waals surface area contributed by atoms with Crippen LogP contribution in [0.5, 0.6) is 0 Å². The van der Waals surface area contributed by atoms with Gasteiger partial charge in [-0.25, -0.2) is 0 Å². The summed E-state index contributed by atoms with van der Waals surface area (Å²) in [4.78, 5) is 14.2. The molecule has 3 nitrogen and oxygen atoms in total. The molecule has 0 bridgehead atoms. The lowest BCUT2D eigenvalue weighted by Crippen LogP contribution is -2.25. The lowest BCUT2D eigenvalue weighted by Gasteiger charge is -2.14. The maximum absolute atomic E-state index is 12.1. The summed E-state index contributed by atoms with van der Waals surface area (Å²) in [6.07, 6.45) is 0.242. The van der Waals surface area contributed by atoms with Crippen LogP contribution in [-0.4, -0.2) is 24.9 Å². The Kier molecular flexibility index (Phi) is 6.46. The smallest absolute Gasteiger partial charge is 0.224 e. The third-order valence-electron chi connectivity index (χ3n) is 3.45. The minimum absolute atomic E-state index is 0.0612. The van der Waals surface area contributed by atoms with Gasteiger partial charge in [0, 0.05) is 23.1 Å². The van der Waals surface area contributed by atoms with Gasteiger partial charge in [0.15, 0.2) is 0 Å². The van der Waals surface area contributed by atoms with Crippen molar-refractivity contribution in [2.24, 2.45) is 0 Å². The van der Waals surface area contributed by atoms with E-state index in [0.717, 1.165) is 17.7 Å². The molecule has 1 amide bonds. The third-order valence-corrected chi connectivity index (χ3v) is 4.03. The van der Waals surface area contributed by atoms with Crippen molar-refractivity contribution in [3.8, 4) is 0 Å². The van der Waals surface area contributed by atoms with Gasteiger partial charge in [-0.2, -0.15) is 0 Å². The first-order chi connectivity index (χ1) is 11.0. The third kappa shape index (κ3) is 5.54. The van der Waals surface area contributed by atoms with Crippen molar-refractivity contribution in [2.75, 3.05) is 14.1 Å². The Labute approximate surface area is 147 Å². The summed E-state index contributed by atoms with van der Waals surface area (Å²) >= 11 is 12.0. The predicted octanol–water partition coefficient (Wildman–Crippen LogP) is 3.91. The fourth-order valence-corrected chi connectivity index (χ4v) is 2.79. The average Bonchev–Trinajstić information content (AvgIpc) is 2.49. The Balaban J connectivity index is 1.97. The largest absolute Gasteiger partial charge is 0.352 e. The van der Waals surface area contributed by atoms with E-state index in [2.05, 4.69) is 16.3 Å². The maximum atomic E-state index is 12.1. The van der Waals surface area contributed by atoms with Gasteiger partial charge < -0.3 is 10.2 Å². The topological polar surface area (TPSA) is 32.3 Å². The number of nitrogens with one attached hydrogen (secondary N) is 1. The fraction of sp³-hybridized carbons (Fsp3) is 0.278. The Morgan fingerprint density at radius 2 is 1.74 bits per heavy atom. The van der Waals surface area contributed by atoms with Crippen molar-refractivity contribution in [2.45, 2.75) is 19.5 Å². The molecule has 0 aliphatic heterocycles. The number of rotatable bonds is 6. The first kappa shape index (κ1) is 17.8. The Hall–Kier alpha value is -1.55. The van der Waals surface area contributed by atoms with Gasteiger partial charge in [0.05, 0.1) is 6.42 Å². The molecular formula is C18H20Cl2N2O. The van der Waals surface area contributed by atoms with E-state index in [9.17, 15) is 4.79 Å². The number of benzene rings is 2. The SMILES string of the molecule is CN(C)Cc1ccccc1CNC(=O)Cc1ccc(Cl)cc1Cl. The molecule has 1 N–H and O–H groups in total. The minimum atomic E-state index is -0.0612. The van der Waals surface area contributed by atoms with E-state index in [4.69, 9.17) is 23.2 Å². The first-order valence-corrected chi connectivity index (χ1v) is 8.13. The zero-order valence-electron chi connectivity index (χ0n) is 13.3. The van der Waals surface area contributed by atoms with Crippen LogP contribution in [-0.2, 0) is 24.3 Å². The zero-order chi connectivity index (χ0) is 16.8. The molecule has 122 valence electrons. The number of hydrogen-bond acceptors (Lipinski definition) is 2. The zero-order valence-corrected chi connectivity index (χ0v) is 14.8. The minimum Gasteiger partial charge on any atom is -0.352 e. The van der Waals surface area contributed by atoms with Gasteiger partial charge in [-0.05, 0) is 42.9 Å². The Morgan fingerprint density at radius 1 is 1.04 bits per heavy atom. The van der Waals surface area contributed by atoms with Gasteiger partial charge in [-0.15, -0.1) is 0 Å². The lowest BCUT2D eigenvalue weighted by molar-refractivity contribution is -0.120. The molecule has 0 aliphatic carbocycles. The van der Waals surface area contributed by atoms with E-state index in [1.807, 2.05) is 32.3 Å². The van der Waals surface area contributed by atoms with Crippen molar-refractivity contribution < 1.29 is 4.79 Å². The van der Waals surface area contributed by atoms with Gasteiger partial charge in [0.1, 0.15) is 0 Å². The van der Waals surface area contributed by atoms with Crippen LogP contribution in [0.4, 0.5) is 0 Å². The monoisotopic (exact) mass is 350 g/mol. The van der Waals surface area contributed by atoms with Gasteiger partial charge in [-0.1, -0.05) is 53.5 Å². The van der Waals surface area contributed by atoms with Gasteiger partial charge in [0.2, 0.25) is 5.91 Å². The highest BCUT2D eigenvalue weighted by Gasteiger charge is 2.09. The van der Waals surface area contributed by atoms with Gasteiger partial charge >= 0.3 is 0 Å². The van der Waals surface area contributed by atoms with E-state index < -0.39 is 0 Å². The number of carbonyl (C=O) groups excluding carboxylic acids is 1. The van der Waals surface area contributed by atoms with E-state index in [1.165, 1.54) is 5.56 Å². The maximum Gasteiger partial charge on any atom is 0.224 e. The van der Waals surface area contributed by atoms with Crippen molar-refractivity contribution >= 4 is 29.1 Å². The molecule has 23 heavy (non-hydrogen) atoms. The van der Waals surface area contributed by atoms with Crippen molar-refractivity contribution in [3.63, 3.8) is 0 Å². The van der Waals surface area contributed by atoms with E-state index in [1.54, 1.807) is 18.2 Å². The van der Waals surface area contributed by atoms with Crippen LogP contribution in [0.2, 0.25) is 10.0 Å². The number of amides is 1. The summed E-state index contributed by atoms with van der Waals surface area (Å²) in [6, 6.07) is 13.3. The molecule has 2 aromatic carbocycles. The van der Waals surface area contributed by atoms with E-state index >= 15 is 0 Å². The van der Waals surface area contributed by atoms with Crippen LogP contribution in [0.15, 0.2) is 42.5 Å². The molecule has 5 heteroatoms. The summed E-state index contributed by atoms with van der Waals surface area (Å²) in [7, 11) is 4.05. The lowest BCUT2D eigenvalue weighted by atomic mass is 10.1. The quantitative estimate of drug-likeness (QED) is 0.856. The highest BCUT2D eigenvalue weighted by molar-refractivity contribution is 6.35. The second-order valence-corrected chi connectivity index (χ2v) is 6.54. The molecule has 0 atom stereocenters. The normalized spacial score (nSPS) is 10.8. The van der Waals surface area contributed by atoms with Crippen LogP contribution in [0.3, 0.4) is 0 Å². The Morgan fingerprint density at radius 3 is 2.39 bits per heavy atom. The van der Waals surface area contributed by atoms with Crippen LogP contribution in [0.1, 0.15) is 16.7 Å². The molecule has 0 unspecified atom stereocenters. The number of nitrogens with zero attached hydrogens (tertiary/aromatic N) is 1. The molecule has 0 saturated carbocycles. The standard InChI is InChI=1S/C18H20Cl2N2O/c1-22(2)12-15-6-4-3-5-14(15)11-21-18(23)9-13-7-8-16(19)10-17(13)20/h3-8,10H,9,11-12H2,1-2H3,(H,21,23). The van der Waals surface area contributed by atoms with Crippen LogP contribution < -0.4 is 5.32 Å². The molecule has 0 heterocycles. The molecule has 0 spiro atoms. The van der Waals surface area contributed by atoms with Crippen molar-refractivity contribution in [1.82, 2.24) is 10.2 Å². The summed E-state index contributed by atoms with van der Waals surface area (Å²) in [5, 5.41) is 4.03. The number of carbonyl (C=O) groups is 1. The summed E-state index contributed by atoms with van der Waals surface area (Å²) in [6.45, 7) is 1.35. The first-order valence-electron chi connectivity index (χ1n) is 7.38. The molecule has 0 aliphatic rings. The number of halogens is 2. The van der Waals surface area contributed by atoms with Gasteiger partial charge in [0.25, 0.3) is 0 Å². The molecule has 2 aromatic rings. The summed E-state index contributed by atoms with van der Waals surface area (Å²) in [5.74, 6) is -0.0612. The second kappa shape index (κ2) is 8.34. The second-order valence-electron chi connectivity index (χ2n) is 5.70. The van der Waals surface area contributed by atoms with Gasteiger partial charge in [-0.3, -0.25) is 4.79 Å². The van der Waals surface area contributed by atoms with Crippen LogP contribution >= 0.6 is 23.2 Å². The van der Waals surface area contributed by atoms with Crippen molar-refractivity contribution in [3.05, 3.63) is 69.2 Å². The molecular weight excluding hydrogens is 331 g/mol. The molecule has 0 fully saturated rings. The average molecular weight is 351 g/mol. The summed E-state index contributed by atoms with van der Waals surface area (Å²) < 4.78 is 0. The predicted molar refractivity (Wildman–Crippen MR) is 95.8 cm³/mol. The van der Waals surface area contributed by atoms with Crippen LogP contribution in [0, 0.1) is 0 Å². The van der Waals surface area contributed by atoms with E-state index in [-0.39, 0.29) is 12.3 Å². The molecule has 0 saturated heterocycles. The summed E-state index contributed by atoms with van der Waals surface area (Å²) in [5.41, 5.74) is 3.11. The molecule has 2 rings (SSSR count). The number of hydrogen-bond donors (Lipinski definition) is 1. The van der Waals surface area contributed by atoms with E-state index in [0.29, 0.717) is 16.6 Å². The molecule has 0 aromatic heterocycles. The molecule has 0 radical (unpaired) electrons. The Bertz CT molecular complexity index is 686. The van der Waals surface area contributed by atoms with Crippen molar-refractivity contribution in [1.29, 1.82) is 0 Å². The van der Waals surface area contributed by atoms with Crippen LogP contribution in [0.25, 0.3) is 0 Å².